The van der Waals surface area contributed by atoms with Crippen molar-refractivity contribution < 1.29 is 14.7 Å². The number of carbonyl (C=O) groups excluding carboxylic acids is 1. The molecule has 2 N–H and O–H groups in total. The molecule has 5 nitrogen and oxygen atoms in total. The van der Waals surface area contributed by atoms with Crippen LogP contribution in [-0.4, -0.2) is 28.5 Å². The van der Waals surface area contributed by atoms with E-state index in [1.54, 1.807) is 26.2 Å². The molecule has 1 aromatic rings. The van der Waals surface area contributed by atoms with Gasteiger partial charge in [-0.1, -0.05) is 19.9 Å². The van der Waals surface area contributed by atoms with Crippen LogP contribution >= 0.6 is 0 Å². The number of hydrogen-bond acceptors (Lipinski definition) is 3. The van der Waals surface area contributed by atoms with Crippen LogP contribution in [0, 0.1) is 5.41 Å². The molecular formula is C13H18N2O3. The predicted molar refractivity (Wildman–Crippen MR) is 67.0 cm³/mol. The Morgan fingerprint density at radius 3 is 2.72 bits per heavy atom. The summed E-state index contributed by atoms with van der Waals surface area (Å²) in [4.78, 5) is 26.4. The average molecular weight is 250 g/mol. The van der Waals surface area contributed by atoms with E-state index in [1.165, 1.54) is 0 Å². The molecule has 0 fully saturated rings. The lowest BCUT2D eigenvalue weighted by atomic mass is 9.88. The number of hydrogen-bond donors (Lipinski definition) is 2. The van der Waals surface area contributed by atoms with Gasteiger partial charge >= 0.3 is 5.97 Å². The number of pyridine rings is 1. The predicted octanol–water partition coefficient (Wildman–Crippen LogP) is 1.24. The van der Waals surface area contributed by atoms with Crippen molar-refractivity contribution in [1.29, 1.82) is 0 Å². The van der Waals surface area contributed by atoms with Crippen LogP contribution in [-0.2, 0) is 16.0 Å². The van der Waals surface area contributed by atoms with Crippen LogP contribution in [0.3, 0.4) is 0 Å². The molecule has 0 aliphatic rings. The van der Waals surface area contributed by atoms with E-state index in [-0.39, 0.29) is 12.3 Å². The first-order valence-electron chi connectivity index (χ1n) is 5.81. The van der Waals surface area contributed by atoms with E-state index in [1.807, 2.05) is 12.1 Å². The Hall–Kier alpha value is -1.91. The van der Waals surface area contributed by atoms with Gasteiger partial charge in [-0.05, 0) is 18.1 Å². The third kappa shape index (κ3) is 4.53. The molecule has 0 unspecified atom stereocenters. The van der Waals surface area contributed by atoms with Gasteiger partial charge in [0.2, 0.25) is 5.91 Å². The zero-order chi connectivity index (χ0) is 13.6. The van der Waals surface area contributed by atoms with Gasteiger partial charge in [-0.3, -0.25) is 14.6 Å². The summed E-state index contributed by atoms with van der Waals surface area (Å²) in [6, 6.07) is 3.77. The Labute approximate surface area is 106 Å². The minimum Gasteiger partial charge on any atom is -0.481 e. The molecule has 0 spiro atoms. The Bertz CT molecular complexity index is 416. The number of nitrogens with one attached hydrogen (secondary N) is 1. The molecule has 98 valence electrons. The van der Waals surface area contributed by atoms with Gasteiger partial charge in [0.1, 0.15) is 0 Å². The van der Waals surface area contributed by atoms with Gasteiger partial charge in [-0.25, -0.2) is 0 Å². The van der Waals surface area contributed by atoms with Crippen LogP contribution in [0.2, 0.25) is 0 Å². The van der Waals surface area contributed by atoms with Crippen molar-refractivity contribution in [1.82, 2.24) is 10.3 Å². The SMILES string of the molecule is CC(C)(CC(=O)O)C(=O)NCCc1cccnc1. The minimum absolute atomic E-state index is 0.175. The van der Waals surface area contributed by atoms with Crippen LogP contribution in [0.25, 0.3) is 0 Å². The summed E-state index contributed by atoms with van der Waals surface area (Å²) in [6.45, 7) is 3.73. The Morgan fingerprint density at radius 2 is 2.17 bits per heavy atom. The molecule has 0 atom stereocenters. The first kappa shape index (κ1) is 14.2. The molecule has 0 bridgehead atoms. The highest BCUT2D eigenvalue weighted by atomic mass is 16.4. The van der Waals surface area contributed by atoms with Crippen molar-refractivity contribution in [2.45, 2.75) is 26.7 Å². The summed E-state index contributed by atoms with van der Waals surface area (Å²) in [5.41, 5.74) is 0.148. The molecule has 1 heterocycles. The maximum atomic E-state index is 11.8. The largest absolute Gasteiger partial charge is 0.481 e. The van der Waals surface area contributed by atoms with E-state index in [0.29, 0.717) is 13.0 Å². The Kier molecular flexibility index (Phi) is 4.83. The summed E-state index contributed by atoms with van der Waals surface area (Å²) in [5, 5.41) is 11.5. The quantitative estimate of drug-likeness (QED) is 0.796. The fourth-order valence-electron chi connectivity index (χ4n) is 1.56. The van der Waals surface area contributed by atoms with Crippen molar-refractivity contribution in [2.75, 3.05) is 6.54 Å². The van der Waals surface area contributed by atoms with Crippen molar-refractivity contribution in [2.24, 2.45) is 5.41 Å². The average Bonchev–Trinajstić information content (AvgIpc) is 2.28. The fourth-order valence-corrected chi connectivity index (χ4v) is 1.56. The molecule has 1 aromatic heterocycles. The van der Waals surface area contributed by atoms with Crippen molar-refractivity contribution >= 4 is 11.9 Å². The van der Waals surface area contributed by atoms with E-state index < -0.39 is 11.4 Å². The first-order valence-corrected chi connectivity index (χ1v) is 5.81. The molecule has 0 aliphatic heterocycles. The van der Waals surface area contributed by atoms with E-state index in [2.05, 4.69) is 10.3 Å². The lowest BCUT2D eigenvalue weighted by molar-refractivity contribution is -0.144. The van der Waals surface area contributed by atoms with E-state index >= 15 is 0 Å². The number of carboxylic acid groups (broad SMARTS) is 1. The topological polar surface area (TPSA) is 79.3 Å². The molecule has 0 aromatic carbocycles. The van der Waals surface area contributed by atoms with E-state index in [9.17, 15) is 9.59 Å². The highest BCUT2D eigenvalue weighted by molar-refractivity contribution is 5.86. The van der Waals surface area contributed by atoms with E-state index in [0.717, 1.165) is 5.56 Å². The highest BCUT2D eigenvalue weighted by Gasteiger charge is 2.29. The second kappa shape index (κ2) is 6.14. The maximum absolute atomic E-state index is 11.8. The van der Waals surface area contributed by atoms with Crippen LogP contribution in [0.1, 0.15) is 25.8 Å². The summed E-state index contributed by atoms with van der Waals surface area (Å²) in [5.74, 6) is -1.21. The third-order valence-corrected chi connectivity index (χ3v) is 2.63. The van der Waals surface area contributed by atoms with Crippen LogP contribution in [0.4, 0.5) is 0 Å². The van der Waals surface area contributed by atoms with Crippen molar-refractivity contribution in [3.05, 3.63) is 30.1 Å². The van der Waals surface area contributed by atoms with Crippen LogP contribution < -0.4 is 5.32 Å². The van der Waals surface area contributed by atoms with Gasteiger partial charge < -0.3 is 10.4 Å². The van der Waals surface area contributed by atoms with Crippen LogP contribution in [0.15, 0.2) is 24.5 Å². The number of carboxylic acids is 1. The maximum Gasteiger partial charge on any atom is 0.304 e. The molecule has 5 heteroatoms. The molecular weight excluding hydrogens is 232 g/mol. The lowest BCUT2D eigenvalue weighted by Crippen LogP contribution is -2.39. The summed E-state index contributed by atoms with van der Waals surface area (Å²) < 4.78 is 0. The zero-order valence-corrected chi connectivity index (χ0v) is 10.6. The first-order chi connectivity index (χ1) is 8.42. The molecule has 0 aliphatic carbocycles. The monoisotopic (exact) mass is 250 g/mol. The minimum atomic E-state index is -0.970. The van der Waals surface area contributed by atoms with Crippen molar-refractivity contribution in [3.8, 4) is 0 Å². The molecule has 1 rings (SSSR count). The van der Waals surface area contributed by atoms with Gasteiger partial charge in [0.25, 0.3) is 0 Å². The second-order valence-electron chi connectivity index (χ2n) is 4.82. The molecule has 0 radical (unpaired) electrons. The number of carbonyl (C=O) groups is 2. The number of rotatable bonds is 6. The van der Waals surface area contributed by atoms with Crippen LogP contribution in [0.5, 0.6) is 0 Å². The molecule has 0 saturated carbocycles. The number of aromatic nitrogens is 1. The summed E-state index contributed by atoms with van der Waals surface area (Å²) in [6.07, 6.45) is 3.95. The summed E-state index contributed by atoms with van der Waals surface area (Å²) >= 11 is 0. The van der Waals surface area contributed by atoms with Gasteiger partial charge in [-0.2, -0.15) is 0 Å². The second-order valence-corrected chi connectivity index (χ2v) is 4.82. The smallest absolute Gasteiger partial charge is 0.304 e. The zero-order valence-electron chi connectivity index (χ0n) is 10.6. The Morgan fingerprint density at radius 1 is 1.44 bits per heavy atom. The molecule has 0 saturated heterocycles. The standard InChI is InChI=1S/C13H18N2O3/c1-13(2,8-11(16)17)12(18)15-7-5-10-4-3-6-14-9-10/h3-4,6,9H,5,7-8H2,1-2H3,(H,15,18)(H,16,17). The van der Waals surface area contributed by atoms with Gasteiger partial charge in [-0.15, -0.1) is 0 Å². The van der Waals surface area contributed by atoms with Gasteiger partial charge in [0, 0.05) is 18.9 Å². The summed E-state index contributed by atoms with van der Waals surface area (Å²) in [7, 11) is 0. The normalized spacial score (nSPS) is 11.0. The molecule has 18 heavy (non-hydrogen) atoms. The number of nitrogens with zero attached hydrogens (tertiary/aromatic N) is 1. The molecule has 1 amide bonds. The third-order valence-electron chi connectivity index (χ3n) is 2.63. The number of aliphatic carboxylic acids is 1. The fraction of sp³-hybridized carbons (Fsp3) is 0.462. The van der Waals surface area contributed by atoms with Gasteiger partial charge in [0.05, 0.1) is 11.8 Å². The van der Waals surface area contributed by atoms with Gasteiger partial charge in [0.15, 0.2) is 0 Å². The van der Waals surface area contributed by atoms with Crippen molar-refractivity contribution in [3.63, 3.8) is 0 Å². The highest BCUT2D eigenvalue weighted by Crippen LogP contribution is 2.20. The lowest BCUT2D eigenvalue weighted by Gasteiger charge is -2.21. The Balaban J connectivity index is 2.39. The van der Waals surface area contributed by atoms with E-state index in [4.69, 9.17) is 5.11 Å². The number of amides is 1.